The van der Waals surface area contributed by atoms with Crippen LogP contribution in [-0.4, -0.2) is 12.1 Å². The Labute approximate surface area is 84.5 Å². The molecular weight excluding hydrogens is 174 g/mol. The standard InChI is InChI=1S/C10H9NO.C2H6/c1-12-10-6-2-5-9-8(10)4-3-7-11-9;1-2/h2-7H,1H3;1-2H3. The molecule has 0 fully saturated rings. The zero-order chi connectivity index (χ0) is 10.4. The Balaban J connectivity index is 0.000000461. The Morgan fingerprint density at radius 2 is 1.86 bits per heavy atom. The van der Waals surface area contributed by atoms with E-state index < -0.39 is 0 Å². The minimum atomic E-state index is 0.876. The molecule has 0 saturated heterocycles. The van der Waals surface area contributed by atoms with E-state index in [1.165, 1.54) is 0 Å². The van der Waals surface area contributed by atoms with Crippen molar-refractivity contribution in [1.82, 2.24) is 4.98 Å². The highest BCUT2D eigenvalue weighted by molar-refractivity contribution is 5.84. The summed E-state index contributed by atoms with van der Waals surface area (Å²) >= 11 is 0. The number of ether oxygens (including phenoxy) is 1. The summed E-state index contributed by atoms with van der Waals surface area (Å²) in [6, 6.07) is 9.75. The summed E-state index contributed by atoms with van der Waals surface area (Å²) in [6.45, 7) is 4.00. The average Bonchev–Trinajstić information content (AvgIpc) is 2.31. The van der Waals surface area contributed by atoms with Crippen LogP contribution in [0, 0.1) is 0 Å². The fraction of sp³-hybridized carbons (Fsp3) is 0.250. The minimum Gasteiger partial charge on any atom is -0.496 e. The Kier molecular flexibility index (Phi) is 3.92. The summed E-state index contributed by atoms with van der Waals surface area (Å²) in [4.78, 5) is 4.21. The van der Waals surface area contributed by atoms with Gasteiger partial charge in [0.1, 0.15) is 5.75 Å². The van der Waals surface area contributed by atoms with Crippen LogP contribution in [0.4, 0.5) is 0 Å². The highest BCUT2D eigenvalue weighted by Gasteiger charge is 1.98. The normalized spacial score (nSPS) is 9.07. The third-order valence-electron chi connectivity index (χ3n) is 1.83. The molecule has 2 nitrogen and oxygen atoms in total. The number of aromatic nitrogens is 1. The van der Waals surface area contributed by atoms with Crippen LogP contribution in [-0.2, 0) is 0 Å². The summed E-state index contributed by atoms with van der Waals surface area (Å²) in [5.41, 5.74) is 0.969. The van der Waals surface area contributed by atoms with Crippen molar-refractivity contribution in [3.05, 3.63) is 36.5 Å². The van der Waals surface area contributed by atoms with E-state index in [-0.39, 0.29) is 0 Å². The largest absolute Gasteiger partial charge is 0.496 e. The molecule has 0 N–H and O–H groups in total. The number of methoxy groups -OCH3 is 1. The van der Waals surface area contributed by atoms with Crippen molar-refractivity contribution < 1.29 is 4.74 Å². The lowest BCUT2D eigenvalue weighted by atomic mass is 10.2. The highest BCUT2D eigenvalue weighted by atomic mass is 16.5. The Morgan fingerprint density at radius 1 is 1.07 bits per heavy atom. The van der Waals surface area contributed by atoms with Crippen LogP contribution in [0.1, 0.15) is 13.8 Å². The van der Waals surface area contributed by atoms with Gasteiger partial charge in [-0.3, -0.25) is 4.98 Å². The molecule has 1 aromatic heterocycles. The summed E-state index contributed by atoms with van der Waals surface area (Å²) < 4.78 is 5.19. The first-order chi connectivity index (χ1) is 6.92. The highest BCUT2D eigenvalue weighted by Crippen LogP contribution is 2.22. The molecule has 0 bridgehead atoms. The predicted molar refractivity (Wildman–Crippen MR) is 59.6 cm³/mol. The lowest BCUT2D eigenvalue weighted by Crippen LogP contribution is -1.85. The summed E-state index contributed by atoms with van der Waals surface area (Å²) in [6.07, 6.45) is 1.78. The molecule has 14 heavy (non-hydrogen) atoms. The van der Waals surface area contributed by atoms with Crippen molar-refractivity contribution in [2.45, 2.75) is 13.8 Å². The lowest BCUT2D eigenvalue weighted by Gasteiger charge is -2.02. The molecule has 0 amide bonds. The molecule has 1 heterocycles. The third kappa shape index (κ3) is 2.02. The van der Waals surface area contributed by atoms with E-state index in [0.717, 1.165) is 16.7 Å². The van der Waals surface area contributed by atoms with Gasteiger partial charge in [0.15, 0.2) is 0 Å². The number of pyridine rings is 1. The van der Waals surface area contributed by atoms with Gasteiger partial charge in [-0.1, -0.05) is 19.9 Å². The number of rotatable bonds is 1. The van der Waals surface area contributed by atoms with Gasteiger partial charge in [-0.05, 0) is 24.3 Å². The smallest absolute Gasteiger partial charge is 0.128 e. The number of fused-ring (bicyclic) bond motifs is 1. The van der Waals surface area contributed by atoms with Crippen molar-refractivity contribution in [2.75, 3.05) is 7.11 Å². The van der Waals surface area contributed by atoms with E-state index >= 15 is 0 Å². The molecule has 0 spiro atoms. The monoisotopic (exact) mass is 189 g/mol. The fourth-order valence-corrected chi connectivity index (χ4v) is 1.25. The molecular formula is C12H15NO. The second-order valence-corrected chi connectivity index (χ2v) is 2.53. The Morgan fingerprint density at radius 3 is 2.57 bits per heavy atom. The molecule has 0 unspecified atom stereocenters. The van der Waals surface area contributed by atoms with Gasteiger partial charge in [0.25, 0.3) is 0 Å². The minimum absolute atomic E-state index is 0.876. The van der Waals surface area contributed by atoms with Crippen LogP contribution in [0.5, 0.6) is 5.75 Å². The van der Waals surface area contributed by atoms with Gasteiger partial charge in [0.05, 0.1) is 12.6 Å². The molecule has 0 saturated carbocycles. The van der Waals surface area contributed by atoms with E-state index in [9.17, 15) is 0 Å². The second kappa shape index (κ2) is 5.22. The van der Waals surface area contributed by atoms with Crippen molar-refractivity contribution in [3.63, 3.8) is 0 Å². The molecule has 0 atom stereocenters. The first-order valence-corrected chi connectivity index (χ1v) is 4.79. The van der Waals surface area contributed by atoms with Gasteiger partial charge < -0.3 is 4.74 Å². The van der Waals surface area contributed by atoms with Crippen LogP contribution in [0.15, 0.2) is 36.5 Å². The summed E-state index contributed by atoms with van der Waals surface area (Å²) in [7, 11) is 1.67. The van der Waals surface area contributed by atoms with E-state index in [1.807, 2.05) is 44.2 Å². The first kappa shape index (κ1) is 10.5. The van der Waals surface area contributed by atoms with Crippen LogP contribution in [0.3, 0.4) is 0 Å². The maximum atomic E-state index is 5.19. The molecule has 0 aliphatic heterocycles. The molecule has 0 aliphatic rings. The maximum Gasteiger partial charge on any atom is 0.128 e. The summed E-state index contributed by atoms with van der Waals surface area (Å²) in [5, 5.41) is 1.06. The summed E-state index contributed by atoms with van der Waals surface area (Å²) in [5.74, 6) is 0.876. The molecule has 2 aromatic rings. The molecule has 0 radical (unpaired) electrons. The number of hydrogen-bond donors (Lipinski definition) is 0. The zero-order valence-corrected chi connectivity index (χ0v) is 8.82. The second-order valence-electron chi connectivity index (χ2n) is 2.53. The first-order valence-electron chi connectivity index (χ1n) is 4.79. The fourth-order valence-electron chi connectivity index (χ4n) is 1.25. The van der Waals surface area contributed by atoms with Crippen molar-refractivity contribution in [2.24, 2.45) is 0 Å². The van der Waals surface area contributed by atoms with Gasteiger partial charge in [-0.15, -0.1) is 0 Å². The maximum absolute atomic E-state index is 5.19. The lowest BCUT2D eigenvalue weighted by molar-refractivity contribution is 0.420. The molecule has 0 aliphatic carbocycles. The average molecular weight is 189 g/mol. The number of nitrogens with zero attached hydrogens (tertiary/aromatic N) is 1. The number of hydrogen-bond acceptors (Lipinski definition) is 2. The van der Waals surface area contributed by atoms with Crippen LogP contribution >= 0.6 is 0 Å². The van der Waals surface area contributed by atoms with Gasteiger partial charge in [-0.2, -0.15) is 0 Å². The van der Waals surface area contributed by atoms with Gasteiger partial charge >= 0.3 is 0 Å². The van der Waals surface area contributed by atoms with Crippen molar-refractivity contribution in [3.8, 4) is 5.75 Å². The zero-order valence-electron chi connectivity index (χ0n) is 8.82. The molecule has 2 heteroatoms. The van der Waals surface area contributed by atoms with Crippen LogP contribution < -0.4 is 4.74 Å². The molecule has 1 aromatic carbocycles. The topological polar surface area (TPSA) is 22.1 Å². The van der Waals surface area contributed by atoms with E-state index in [4.69, 9.17) is 4.74 Å². The number of benzene rings is 1. The van der Waals surface area contributed by atoms with Crippen LogP contribution in [0.2, 0.25) is 0 Å². The van der Waals surface area contributed by atoms with Gasteiger partial charge in [0.2, 0.25) is 0 Å². The van der Waals surface area contributed by atoms with Crippen molar-refractivity contribution in [1.29, 1.82) is 0 Å². The third-order valence-corrected chi connectivity index (χ3v) is 1.83. The quantitative estimate of drug-likeness (QED) is 0.686. The molecule has 2 rings (SSSR count). The van der Waals surface area contributed by atoms with Gasteiger partial charge in [-0.25, -0.2) is 0 Å². The van der Waals surface area contributed by atoms with E-state index in [2.05, 4.69) is 4.98 Å². The van der Waals surface area contributed by atoms with Gasteiger partial charge in [0, 0.05) is 11.6 Å². The predicted octanol–water partition coefficient (Wildman–Crippen LogP) is 3.27. The van der Waals surface area contributed by atoms with E-state index in [0.29, 0.717) is 0 Å². The Bertz CT molecular complexity index is 393. The molecule has 74 valence electrons. The SMILES string of the molecule is CC.COc1cccc2ncccc12. The Hall–Kier alpha value is -1.57. The van der Waals surface area contributed by atoms with Crippen molar-refractivity contribution >= 4 is 10.9 Å². The van der Waals surface area contributed by atoms with E-state index in [1.54, 1.807) is 13.3 Å². The van der Waals surface area contributed by atoms with Crippen LogP contribution in [0.25, 0.3) is 10.9 Å².